The second-order valence-corrected chi connectivity index (χ2v) is 6.39. The minimum absolute atomic E-state index is 0.208. The summed E-state index contributed by atoms with van der Waals surface area (Å²) in [4.78, 5) is 10.4. The molecule has 0 atom stereocenters. The molecule has 6 nitrogen and oxygen atoms in total. The van der Waals surface area contributed by atoms with Gasteiger partial charge in [0.05, 0.1) is 12.1 Å². The zero-order chi connectivity index (χ0) is 14.6. The smallest absolute Gasteiger partial charge is 0.304 e. The largest absolute Gasteiger partial charge is 0.481 e. The molecule has 1 aromatic carbocycles. The third kappa shape index (κ3) is 4.77. The van der Waals surface area contributed by atoms with Crippen molar-refractivity contribution in [1.29, 1.82) is 0 Å². The first-order chi connectivity index (χ1) is 8.72. The highest BCUT2D eigenvalue weighted by atomic mass is 79.9. The van der Waals surface area contributed by atoms with Crippen molar-refractivity contribution in [3.05, 3.63) is 28.5 Å². The maximum Gasteiger partial charge on any atom is 0.304 e. The van der Waals surface area contributed by atoms with Gasteiger partial charge in [-0.05, 0) is 18.2 Å². The van der Waals surface area contributed by atoms with Crippen molar-refractivity contribution in [2.45, 2.75) is 6.42 Å². The van der Waals surface area contributed by atoms with Crippen LogP contribution in [0.2, 0.25) is 0 Å². The highest BCUT2D eigenvalue weighted by molar-refractivity contribution is 9.10. The second-order valence-electron chi connectivity index (χ2n) is 3.70. The van der Waals surface area contributed by atoms with Crippen molar-refractivity contribution >= 4 is 37.8 Å². The molecule has 1 aromatic rings. The van der Waals surface area contributed by atoms with E-state index in [0.717, 1.165) is 10.4 Å². The summed E-state index contributed by atoms with van der Waals surface area (Å²) in [5.41, 5.74) is -0.212. The SMILES string of the molecule is CN(CCC(=O)O)S(=O)(=O)Nc1cc(Br)ccc1F. The number of carboxylic acids is 1. The fraction of sp³-hybridized carbons (Fsp3) is 0.300. The number of nitrogens with zero attached hydrogens (tertiary/aromatic N) is 1. The van der Waals surface area contributed by atoms with Crippen LogP contribution in [-0.4, -0.2) is 37.4 Å². The number of carboxylic acid groups (broad SMARTS) is 1. The predicted octanol–water partition coefficient (Wildman–Crippen LogP) is 1.65. The molecule has 19 heavy (non-hydrogen) atoms. The van der Waals surface area contributed by atoms with E-state index in [4.69, 9.17) is 5.11 Å². The number of aliphatic carboxylic acids is 1. The Balaban J connectivity index is 2.84. The lowest BCUT2D eigenvalue weighted by Crippen LogP contribution is -2.34. The summed E-state index contributed by atoms with van der Waals surface area (Å²) >= 11 is 3.10. The first kappa shape index (κ1) is 15.9. The van der Waals surface area contributed by atoms with Crippen LogP contribution in [0.15, 0.2) is 22.7 Å². The minimum atomic E-state index is -3.99. The average molecular weight is 355 g/mol. The molecule has 0 bridgehead atoms. The maximum atomic E-state index is 13.4. The molecule has 1 rings (SSSR count). The van der Waals surface area contributed by atoms with Crippen LogP contribution < -0.4 is 4.72 Å². The third-order valence-electron chi connectivity index (χ3n) is 2.22. The molecule has 0 amide bonds. The lowest BCUT2D eigenvalue weighted by molar-refractivity contribution is -0.137. The average Bonchev–Trinajstić information content (AvgIpc) is 2.30. The number of halogens is 2. The van der Waals surface area contributed by atoms with Gasteiger partial charge in [0, 0.05) is 18.1 Å². The first-order valence-corrected chi connectivity index (χ1v) is 7.36. The molecular weight excluding hydrogens is 343 g/mol. The van der Waals surface area contributed by atoms with Crippen molar-refractivity contribution in [3.63, 3.8) is 0 Å². The van der Waals surface area contributed by atoms with Gasteiger partial charge < -0.3 is 5.11 Å². The number of carbonyl (C=O) groups is 1. The van der Waals surface area contributed by atoms with Gasteiger partial charge in [0.25, 0.3) is 0 Å². The van der Waals surface area contributed by atoms with Crippen molar-refractivity contribution < 1.29 is 22.7 Å². The van der Waals surface area contributed by atoms with Crippen LogP contribution in [0.1, 0.15) is 6.42 Å². The van der Waals surface area contributed by atoms with Crippen molar-refractivity contribution in [2.24, 2.45) is 0 Å². The Morgan fingerprint density at radius 2 is 2.16 bits per heavy atom. The number of hydrogen-bond acceptors (Lipinski definition) is 3. The predicted molar refractivity (Wildman–Crippen MR) is 71.5 cm³/mol. The van der Waals surface area contributed by atoms with Gasteiger partial charge in [-0.2, -0.15) is 12.7 Å². The summed E-state index contributed by atoms with van der Waals surface area (Å²) < 4.78 is 40.4. The third-order valence-corrected chi connectivity index (χ3v) is 4.19. The van der Waals surface area contributed by atoms with Crippen LogP contribution in [0, 0.1) is 5.82 Å². The van der Waals surface area contributed by atoms with Crippen LogP contribution in [0.3, 0.4) is 0 Å². The Bertz CT molecular complexity index is 579. The molecule has 0 fully saturated rings. The summed E-state index contributed by atoms with van der Waals surface area (Å²) in [6.45, 7) is -0.208. The normalized spacial score (nSPS) is 11.6. The van der Waals surface area contributed by atoms with E-state index in [2.05, 4.69) is 20.7 Å². The molecule has 106 valence electrons. The van der Waals surface area contributed by atoms with Gasteiger partial charge in [-0.1, -0.05) is 15.9 Å². The van der Waals surface area contributed by atoms with Crippen molar-refractivity contribution in [3.8, 4) is 0 Å². The van der Waals surface area contributed by atoms with E-state index in [1.807, 2.05) is 0 Å². The Labute approximate surface area is 118 Å². The summed E-state index contributed by atoms with van der Waals surface area (Å²) in [6, 6.07) is 3.82. The molecule has 0 aliphatic carbocycles. The van der Waals surface area contributed by atoms with Gasteiger partial charge in [0.1, 0.15) is 5.82 Å². The summed E-state index contributed by atoms with van der Waals surface area (Å²) in [5, 5.41) is 8.49. The molecule has 0 saturated carbocycles. The number of rotatable bonds is 6. The second kappa shape index (κ2) is 6.31. The molecule has 2 N–H and O–H groups in total. The Kier molecular flexibility index (Phi) is 5.27. The summed E-state index contributed by atoms with van der Waals surface area (Å²) in [6.07, 6.45) is -0.335. The van der Waals surface area contributed by atoms with E-state index in [9.17, 15) is 17.6 Å². The van der Waals surface area contributed by atoms with E-state index in [-0.39, 0.29) is 18.7 Å². The molecule has 0 aromatic heterocycles. The van der Waals surface area contributed by atoms with E-state index < -0.39 is 22.0 Å². The zero-order valence-electron chi connectivity index (χ0n) is 9.93. The molecule has 0 aliphatic heterocycles. The number of anilines is 1. The Hall–Kier alpha value is -1.19. The standard InChI is InChI=1S/C10H12BrFN2O4S/c1-14(5-4-10(15)16)19(17,18)13-9-6-7(11)2-3-8(9)12/h2-3,6,13H,4-5H2,1H3,(H,15,16). The summed E-state index contributed by atoms with van der Waals surface area (Å²) in [5.74, 6) is -1.84. The lowest BCUT2D eigenvalue weighted by atomic mass is 10.3. The van der Waals surface area contributed by atoms with Crippen LogP contribution in [0.4, 0.5) is 10.1 Å². The highest BCUT2D eigenvalue weighted by Crippen LogP contribution is 2.21. The van der Waals surface area contributed by atoms with E-state index in [0.29, 0.717) is 4.47 Å². The van der Waals surface area contributed by atoms with Gasteiger partial charge in [0.15, 0.2) is 0 Å². The van der Waals surface area contributed by atoms with Crippen LogP contribution >= 0.6 is 15.9 Å². The van der Waals surface area contributed by atoms with E-state index >= 15 is 0 Å². The van der Waals surface area contributed by atoms with E-state index in [1.165, 1.54) is 19.2 Å². The molecule has 0 aliphatic rings. The van der Waals surface area contributed by atoms with Gasteiger partial charge >= 0.3 is 16.2 Å². The lowest BCUT2D eigenvalue weighted by Gasteiger charge is -2.17. The summed E-state index contributed by atoms with van der Waals surface area (Å²) in [7, 11) is -2.78. The Morgan fingerprint density at radius 3 is 2.74 bits per heavy atom. The monoisotopic (exact) mass is 354 g/mol. The van der Waals surface area contributed by atoms with Gasteiger partial charge in [-0.3, -0.25) is 9.52 Å². The topological polar surface area (TPSA) is 86.7 Å². The zero-order valence-corrected chi connectivity index (χ0v) is 12.3. The van der Waals surface area contributed by atoms with Gasteiger partial charge in [-0.15, -0.1) is 0 Å². The highest BCUT2D eigenvalue weighted by Gasteiger charge is 2.20. The molecule has 0 saturated heterocycles. The molecule has 0 heterocycles. The first-order valence-electron chi connectivity index (χ1n) is 5.13. The van der Waals surface area contributed by atoms with E-state index in [1.54, 1.807) is 0 Å². The van der Waals surface area contributed by atoms with Crippen LogP contribution in [-0.2, 0) is 15.0 Å². The van der Waals surface area contributed by atoms with Crippen LogP contribution in [0.5, 0.6) is 0 Å². The van der Waals surface area contributed by atoms with Gasteiger partial charge in [-0.25, -0.2) is 4.39 Å². The quantitative estimate of drug-likeness (QED) is 0.813. The fourth-order valence-electron chi connectivity index (χ4n) is 1.17. The number of benzene rings is 1. The molecular formula is C10H12BrFN2O4S. The Morgan fingerprint density at radius 1 is 1.53 bits per heavy atom. The minimum Gasteiger partial charge on any atom is -0.481 e. The van der Waals surface area contributed by atoms with Crippen molar-refractivity contribution in [1.82, 2.24) is 4.31 Å². The van der Waals surface area contributed by atoms with Crippen molar-refractivity contribution in [2.75, 3.05) is 18.3 Å². The molecule has 0 spiro atoms. The number of nitrogens with one attached hydrogen (secondary N) is 1. The molecule has 0 radical (unpaired) electrons. The molecule has 9 heteroatoms. The van der Waals surface area contributed by atoms with Crippen LogP contribution in [0.25, 0.3) is 0 Å². The van der Waals surface area contributed by atoms with Gasteiger partial charge in [0.2, 0.25) is 0 Å². The molecule has 0 unspecified atom stereocenters. The fourth-order valence-corrected chi connectivity index (χ4v) is 2.45. The maximum absolute atomic E-state index is 13.4. The number of hydrogen-bond donors (Lipinski definition) is 2.